The average molecular weight is 350 g/mol. The van der Waals surface area contributed by atoms with Crippen molar-refractivity contribution in [1.29, 1.82) is 0 Å². The molecule has 0 saturated carbocycles. The first-order valence-electron chi connectivity index (χ1n) is 8.20. The van der Waals surface area contributed by atoms with Crippen molar-refractivity contribution in [2.45, 2.75) is 20.1 Å². The molecule has 26 heavy (non-hydrogen) atoms. The fraction of sp³-hybridized carbons (Fsp3) is 0.222. The summed E-state index contributed by atoms with van der Waals surface area (Å²) in [7, 11) is 1.59. The van der Waals surface area contributed by atoms with Gasteiger partial charge in [0.2, 0.25) is 5.89 Å². The largest absolute Gasteiger partial charge is 0.377 e. The van der Waals surface area contributed by atoms with Gasteiger partial charge in [0.15, 0.2) is 11.5 Å². The van der Waals surface area contributed by atoms with Crippen LogP contribution in [0.4, 0.5) is 5.82 Å². The quantitative estimate of drug-likeness (QED) is 0.572. The standard InChI is InChI=1S/C18H18N6O2/c1-12-8-17-20-14(13-6-4-3-5-7-13)9-16(24(17)22-12)19-10-18-21-15(11-25-2)23-26-18/h3-9,19H,10-11H2,1-2H3. The van der Waals surface area contributed by atoms with Crippen molar-refractivity contribution in [2.24, 2.45) is 0 Å². The molecular formula is C18H18N6O2. The number of ether oxygens (including phenoxy) is 1. The second-order valence-electron chi connectivity index (χ2n) is 5.84. The molecule has 132 valence electrons. The van der Waals surface area contributed by atoms with Gasteiger partial charge in [0.25, 0.3) is 0 Å². The van der Waals surface area contributed by atoms with E-state index >= 15 is 0 Å². The maximum atomic E-state index is 5.22. The van der Waals surface area contributed by atoms with Crippen LogP contribution in [0.1, 0.15) is 17.4 Å². The van der Waals surface area contributed by atoms with Crippen LogP contribution in [0.3, 0.4) is 0 Å². The zero-order valence-corrected chi connectivity index (χ0v) is 14.5. The third-order valence-corrected chi connectivity index (χ3v) is 3.82. The van der Waals surface area contributed by atoms with Crippen molar-refractivity contribution in [3.63, 3.8) is 0 Å². The fourth-order valence-electron chi connectivity index (χ4n) is 2.69. The summed E-state index contributed by atoms with van der Waals surface area (Å²) >= 11 is 0. The molecule has 4 rings (SSSR count). The van der Waals surface area contributed by atoms with Gasteiger partial charge < -0.3 is 14.6 Å². The minimum absolute atomic E-state index is 0.319. The zero-order valence-electron chi connectivity index (χ0n) is 14.5. The predicted molar refractivity (Wildman–Crippen MR) is 95.5 cm³/mol. The van der Waals surface area contributed by atoms with Gasteiger partial charge in [-0.25, -0.2) is 4.98 Å². The van der Waals surface area contributed by atoms with Gasteiger partial charge in [-0.1, -0.05) is 35.5 Å². The highest BCUT2D eigenvalue weighted by Gasteiger charge is 2.11. The SMILES string of the molecule is COCc1noc(CNc2cc(-c3ccccc3)nc3cc(C)nn23)n1. The van der Waals surface area contributed by atoms with Gasteiger partial charge in [-0.15, -0.1) is 0 Å². The molecule has 0 aliphatic carbocycles. The first-order valence-corrected chi connectivity index (χ1v) is 8.20. The monoisotopic (exact) mass is 350 g/mol. The Morgan fingerprint density at radius 1 is 1.15 bits per heavy atom. The summed E-state index contributed by atoms with van der Waals surface area (Å²) in [5.41, 5.74) is 3.58. The number of anilines is 1. The number of benzene rings is 1. The van der Waals surface area contributed by atoms with Crippen molar-refractivity contribution in [1.82, 2.24) is 24.7 Å². The Hall–Kier alpha value is -3.26. The summed E-state index contributed by atoms with van der Waals surface area (Å²) in [6.07, 6.45) is 0. The van der Waals surface area contributed by atoms with Crippen molar-refractivity contribution in [2.75, 3.05) is 12.4 Å². The Morgan fingerprint density at radius 2 is 2.00 bits per heavy atom. The highest BCUT2D eigenvalue weighted by molar-refractivity contribution is 5.66. The van der Waals surface area contributed by atoms with E-state index in [-0.39, 0.29) is 0 Å². The Kier molecular flexibility index (Phi) is 4.32. The van der Waals surface area contributed by atoms with Crippen LogP contribution >= 0.6 is 0 Å². The first-order chi connectivity index (χ1) is 12.7. The first kappa shape index (κ1) is 16.2. The van der Waals surface area contributed by atoms with Crippen molar-refractivity contribution in [3.8, 4) is 11.3 Å². The van der Waals surface area contributed by atoms with E-state index < -0.39 is 0 Å². The second kappa shape index (κ2) is 6.93. The number of methoxy groups -OCH3 is 1. The number of rotatable bonds is 6. The lowest BCUT2D eigenvalue weighted by atomic mass is 10.1. The Labute approximate surface area is 149 Å². The third-order valence-electron chi connectivity index (χ3n) is 3.82. The number of fused-ring (bicyclic) bond motifs is 1. The number of aryl methyl sites for hydroxylation is 1. The van der Waals surface area contributed by atoms with Crippen LogP contribution in [0, 0.1) is 6.92 Å². The van der Waals surface area contributed by atoms with Gasteiger partial charge in [0.1, 0.15) is 12.4 Å². The second-order valence-corrected chi connectivity index (χ2v) is 5.84. The number of hydrogen-bond donors (Lipinski definition) is 1. The lowest BCUT2D eigenvalue weighted by Gasteiger charge is -2.09. The van der Waals surface area contributed by atoms with E-state index in [0.29, 0.717) is 24.9 Å². The van der Waals surface area contributed by atoms with E-state index in [1.54, 1.807) is 11.6 Å². The van der Waals surface area contributed by atoms with E-state index in [0.717, 1.165) is 28.4 Å². The van der Waals surface area contributed by atoms with Gasteiger partial charge in [-0.3, -0.25) is 0 Å². The summed E-state index contributed by atoms with van der Waals surface area (Å²) in [4.78, 5) is 8.97. The van der Waals surface area contributed by atoms with Crippen molar-refractivity contribution in [3.05, 3.63) is 59.9 Å². The van der Waals surface area contributed by atoms with E-state index in [1.807, 2.05) is 49.4 Å². The lowest BCUT2D eigenvalue weighted by Crippen LogP contribution is -2.07. The molecule has 0 bridgehead atoms. The van der Waals surface area contributed by atoms with E-state index in [2.05, 4.69) is 20.6 Å². The fourth-order valence-corrected chi connectivity index (χ4v) is 2.69. The molecule has 0 saturated heterocycles. The molecule has 0 spiro atoms. The third kappa shape index (κ3) is 3.27. The molecule has 0 aliphatic heterocycles. The van der Waals surface area contributed by atoms with Crippen LogP contribution in [-0.4, -0.2) is 31.8 Å². The number of aromatic nitrogens is 5. The molecule has 8 heteroatoms. The van der Waals surface area contributed by atoms with Crippen LogP contribution in [0.5, 0.6) is 0 Å². The van der Waals surface area contributed by atoms with Crippen LogP contribution in [0.25, 0.3) is 16.9 Å². The van der Waals surface area contributed by atoms with Gasteiger partial charge in [0, 0.05) is 24.8 Å². The molecule has 0 amide bonds. The molecule has 3 aromatic heterocycles. The maximum Gasteiger partial charge on any atom is 0.246 e. The molecule has 3 heterocycles. The van der Waals surface area contributed by atoms with Gasteiger partial charge >= 0.3 is 0 Å². The van der Waals surface area contributed by atoms with E-state index in [4.69, 9.17) is 14.2 Å². The van der Waals surface area contributed by atoms with Crippen LogP contribution in [0.2, 0.25) is 0 Å². The molecule has 0 radical (unpaired) electrons. The van der Waals surface area contributed by atoms with Crippen LogP contribution < -0.4 is 5.32 Å². The minimum atomic E-state index is 0.319. The van der Waals surface area contributed by atoms with Crippen LogP contribution in [-0.2, 0) is 17.9 Å². The number of hydrogen-bond acceptors (Lipinski definition) is 7. The predicted octanol–water partition coefficient (Wildman–Crippen LogP) is 2.85. The summed E-state index contributed by atoms with van der Waals surface area (Å²) in [6.45, 7) is 2.64. The Bertz CT molecular complexity index is 1020. The molecule has 8 nitrogen and oxygen atoms in total. The summed E-state index contributed by atoms with van der Waals surface area (Å²) in [5.74, 6) is 1.80. The summed E-state index contributed by atoms with van der Waals surface area (Å²) in [6, 6.07) is 13.9. The molecule has 0 aliphatic rings. The highest BCUT2D eigenvalue weighted by atomic mass is 16.5. The van der Waals surface area contributed by atoms with Gasteiger partial charge in [0.05, 0.1) is 17.9 Å². The topological polar surface area (TPSA) is 90.4 Å². The normalized spacial score (nSPS) is 11.2. The highest BCUT2D eigenvalue weighted by Crippen LogP contribution is 2.23. The smallest absolute Gasteiger partial charge is 0.246 e. The van der Waals surface area contributed by atoms with Crippen molar-refractivity contribution >= 4 is 11.5 Å². The summed E-state index contributed by atoms with van der Waals surface area (Å²) < 4.78 is 12.0. The molecule has 0 atom stereocenters. The zero-order chi connectivity index (χ0) is 17.9. The number of nitrogens with zero attached hydrogens (tertiary/aromatic N) is 5. The molecule has 0 unspecified atom stereocenters. The van der Waals surface area contributed by atoms with E-state index in [1.165, 1.54) is 0 Å². The van der Waals surface area contributed by atoms with E-state index in [9.17, 15) is 0 Å². The Balaban J connectivity index is 1.66. The van der Waals surface area contributed by atoms with Crippen LogP contribution in [0.15, 0.2) is 47.0 Å². The maximum absolute atomic E-state index is 5.22. The Morgan fingerprint density at radius 3 is 2.81 bits per heavy atom. The molecule has 1 N–H and O–H groups in total. The van der Waals surface area contributed by atoms with Gasteiger partial charge in [-0.05, 0) is 6.92 Å². The molecule has 1 aromatic carbocycles. The molecule has 4 aromatic rings. The average Bonchev–Trinajstić information content (AvgIpc) is 3.26. The summed E-state index contributed by atoms with van der Waals surface area (Å²) in [5, 5.41) is 11.7. The molecular weight excluding hydrogens is 332 g/mol. The minimum Gasteiger partial charge on any atom is -0.377 e. The van der Waals surface area contributed by atoms with Gasteiger partial charge in [-0.2, -0.15) is 14.6 Å². The lowest BCUT2D eigenvalue weighted by molar-refractivity contribution is 0.174. The number of nitrogens with one attached hydrogen (secondary N) is 1. The molecule has 0 fully saturated rings. The van der Waals surface area contributed by atoms with Crippen molar-refractivity contribution < 1.29 is 9.26 Å².